The Kier molecular flexibility index (Phi) is 4.39. The molecule has 0 aliphatic carbocycles. The zero-order valence-corrected chi connectivity index (χ0v) is 10.6. The molecule has 5 heteroatoms. The fraction of sp³-hybridized carbons (Fsp3) is 0.818. The minimum atomic E-state index is 0.728. The first-order valence-corrected chi connectivity index (χ1v) is 6.85. The molecule has 0 radical (unpaired) electrons. The summed E-state index contributed by atoms with van der Waals surface area (Å²) in [5.41, 5.74) is 0. The lowest BCUT2D eigenvalue weighted by Gasteiger charge is -2.20. The zero-order valence-electron chi connectivity index (χ0n) is 9.81. The summed E-state index contributed by atoms with van der Waals surface area (Å²) in [6.45, 7) is 5.01. The van der Waals surface area contributed by atoms with Crippen molar-refractivity contribution in [3.63, 3.8) is 0 Å². The van der Waals surface area contributed by atoms with Crippen LogP contribution in [0, 0.1) is 0 Å². The van der Waals surface area contributed by atoms with Gasteiger partial charge in [-0.3, -0.25) is 0 Å². The van der Waals surface area contributed by atoms with Crippen molar-refractivity contribution in [2.75, 3.05) is 24.6 Å². The van der Waals surface area contributed by atoms with Crippen LogP contribution in [0.3, 0.4) is 0 Å². The van der Waals surface area contributed by atoms with Crippen LogP contribution in [0.2, 0.25) is 0 Å². The van der Waals surface area contributed by atoms with Gasteiger partial charge in [-0.25, -0.2) is 0 Å². The number of rotatable bonds is 4. The maximum atomic E-state index is 5.62. The van der Waals surface area contributed by atoms with E-state index in [1.165, 1.54) is 37.4 Å². The summed E-state index contributed by atoms with van der Waals surface area (Å²) >= 11 is 1.25. The molecule has 0 spiro atoms. The number of hydrogen-bond donors (Lipinski definition) is 0. The molecule has 1 aromatic rings. The Morgan fingerprint density at radius 3 is 2.62 bits per heavy atom. The highest BCUT2D eigenvalue weighted by atomic mass is 32.1. The smallest absolute Gasteiger partial charge is 0.270 e. The summed E-state index contributed by atoms with van der Waals surface area (Å²) in [4.78, 5) is 2.32. The van der Waals surface area contributed by atoms with Gasteiger partial charge in [0.15, 0.2) is 0 Å². The predicted octanol–water partition coefficient (Wildman–Crippen LogP) is 2.71. The summed E-state index contributed by atoms with van der Waals surface area (Å²) in [6, 6.07) is 0. The maximum Gasteiger partial charge on any atom is 0.270 e. The van der Waals surface area contributed by atoms with E-state index in [1.54, 1.807) is 0 Å². The van der Waals surface area contributed by atoms with Crippen LogP contribution in [0.1, 0.15) is 39.0 Å². The topological polar surface area (TPSA) is 38.3 Å². The van der Waals surface area contributed by atoms with Crippen molar-refractivity contribution in [3.05, 3.63) is 0 Å². The fourth-order valence-corrected chi connectivity index (χ4v) is 2.46. The van der Waals surface area contributed by atoms with Crippen molar-refractivity contribution < 1.29 is 4.74 Å². The molecule has 1 fully saturated rings. The quantitative estimate of drug-likeness (QED) is 0.812. The summed E-state index contributed by atoms with van der Waals surface area (Å²) in [7, 11) is 0. The van der Waals surface area contributed by atoms with E-state index in [9.17, 15) is 0 Å². The summed E-state index contributed by atoms with van der Waals surface area (Å²) in [5.74, 6) is 1.69. The molecule has 0 bridgehead atoms. The summed E-state index contributed by atoms with van der Waals surface area (Å²) in [5, 5.41) is 0. The van der Waals surface area contributed by atoms with Crippen LogP contribution in [0.25, 0.3) is 0 Å². The molecule has 0 unspecified atom stereocenters. The first-order valence-electron chi connectivity index (χ1n) is 6.12. The molecule has 1 aliphatic heterocycles. The van der Waals surface area contributed by atoms with Gasteiger partial charge in [-0.15, -0.1) is 4.37 Å². The van der Waals surface area contributed by atoms with Crippen LogP contribution >= 0.6 is 11.7 Å². The first-order chi connectivity index (χ1) is 7.92. The lowest BCUT2D eigenvalue weighted by atomic mass is 10.2. The molecular formula is C11H19N3OS. The Morgan fingerprint density at radius 2 is 1.94 bits per heavy atom. The second kappa shape index (κ2) is 6.03. The largest absolute Gasteiger partial charge is 0.474 e. The molecule has 0 aromatic carbocycles. The van der Waals surface area contributed by atoms with Gasteiger partial charge in [-0.1, -0.05) is 19.8 Å². The van der Waals surface area contributed by atoms with Crippen LogP contribution in [0.4, 0.5) is 5.82 Å². The minimum absolute atomic E-state index is 0.728. The molecule has 2 rings (SSSR count). The van der Waals surface area contributed by atoms with Crippen molar-refractivity contribution in [1.29, 1.82) is 0 Å². The lowest BCUT2D eigenvalue weighted by Crippen LogP contribution is -2.24. The SMILES string of the molecule is CCCOc1nsnc1N1CCCCCC1. The number of nitrogens with zero attached hydrogens (tertiary/aromatic N) is 3. The van der Waals surface area contributed by atoms with E-state index in [1.807, 2.05) is 0 Å². The fourth-order valence-electron chi connectivity index (χ4n) is 1.94. The molecule has 2 heterocycles. The number of anilines is 1. The highest BCUT2D eigenvalue weighted by molar-refractivity contribution is 6.99. The van der Waals surface area contributed by atoms with Gasteiger partial charge in [-0.2, -0.15) is 4.37 Å². The molecule has 16 heavy (non-hydrogen) atoms. The van der Waals surface area contributed by atoms with Crippen LogP contribution in [0.15, 0.2) is 0 Å². The molecule has 4 nitrogen and oxygen atoms in total. The molecule has 0 N–H and O–H groups in total. The van der Waals surface area contributed by atoms with Crippen molar-refractivity contribution >= 4 is 17.5 Å². The van der Waals surface area contributed by atoms with E-state index >= 15 is 0 Å². The van der Waals surface area contributed by atoms with Gasteiger partial charge in [0, 0.05) is 13.1 Å². The normalized spacial score (nSPS) is 17.2. The second-order valence-electron chi connectivity index (χ2n) is 4.14. The lowest BCUT2D eigenvalue weighted by molar-refractivity contribution is 0.308. The van der Waals surface area contributed by atoms with Crippen LogP contribution in [-0.2, 0) is 0 Å². The highest BCUT2D eigenvalue weighted by Crippen LogP contribution is 2.27. The van der Waals surface area contributed by atoms with Crippen molar-refractivity contribution in [3.8, 4) is 5.88 Å². The summed E-state index contributed by atoms with van der Waals surface area (Å²) in [6.07, 6.45) is 6.19. The Labute approximate surface area is 101 Å². The van der Waals surface area contributed by atoms with Gasteiger partial charge >= 0.3 is 0 Å². The molecule has 0 amide bonds. The van der Waals surface area contributed by atoms with Gasteiger partial charge in [0.05, 0.1) is 18.3 Å². The van der Waals surface area contributed by atoms with Gasteiger partial charge < -0.3 is 9.64 Å². The van der Waals surface area contributed by atoms with E-state index in [4.69, 9.17) is 4.74 Å². The average molecular weight is 241 g/mol. The van der Waals surface area contributed by atoms with Crippen molar-refractivity contribution in [2.45, 2.75) is 39.0 Å². The Balaban J connectivity index is 2.03. The Bertz CT molecular complexity index is 308. The third kappa shape index (κ3) is 2.84. The second-order valence-corrected chi connectivity index (χ2v) is 4.67. The molecular weight excluding hydrogens is 222 g/mol. The van der Waals surface area contributed by atoms with Crippen molar-refractivity contribution in [1.82, 2.24) is 8.75 Å². The van der Waals surface area contributed by atoms with E-state index in [0.29, 0.717) is 0 Å². The predicted molar refractivity (Wildman–Crippen MR) is 66.4 cm³/mol. The van der Waals surface area contributed by atoms with Crippen LogP contribution in [-0.4, -0.2) is 28.4 Å². The van der Waals surface area contributed by atoms with Crippen LogP contribution in [0.5, 0.6) is 5.88 Å². The molecule has 90 valence electrons. The molecule has 0 saturated carbocycles. The third-order valence-corrected chi connectivity index (χ3v) is 3.29. The number of ether oxygens (including phenoxy) is 1. The van der Waals surface area contributed by atoms with Crippen molar-refractivity contribution in [2.24, 2.45) is 0 Å². The highest BCUT2D eigenvalue weighted by Gasteiger charge is 2.18. The Hall–Kier alpha value is -0.840. The van der Waals surface area contributed by atoms with Gasteiger partial charge in [-0.05, 0) is 19.3 Å². The molecule has 1 saturated heterocycles. The number of hydrogen-bond acceptors (Lipinski definition) is 5. The standard InChI is InChI=1S/C11H19N3OS/c1-2-9-15-11-10(12-16-13-11)14-7-5-3-4-6-8-14/h2-9H2,1H3. The van der Waals surface area contributed by atoms with E-state index < -0.39 is 0 Å². The Morgan fingerprint density at radius 1 is 1.19 bits per heavy atom. The minimum Gasteiger partial charge on any atom is -0.474 e. The maximum absolute atomic E-state index is 5.62. The van der Waals surface area contributed by atoms with Gasteiger partial charge in [0.1, 0.15) is 0 Å². The molecule has 1 aliphatic rings. The van der Waals surface area contributed by atoms with Gasteiger partial charge in [0.2, 0.25) is 5.82 Å². The molecule has 0 atom stereocenters. The van der Waals surface area contributed by atoms with Crippen LogP contribution < -0.4 is 9.64 Å². The van der Waals surface area contributed by atoms with E-state index in [0.717, 1.165) is 37.8 Å². The van der Waals surface area contributed by atoms with E-state index in [2.05, 4.69) is 20.6 Å². The number of aromatic nitrogens is 2. The molecule has 1 aromatic heterocycles. The van der Waals surface area contributed by atoms with E-state index in [-0.39, 0.29) is 0 Å². The monoisotopic (exact) mass is 241 g/mol. The zero-order chi connectivity index (χ0) is 11.2. The first kappa shape index (κ1) is 11.6. The average Bonchev–Trinajstić information content (AvgIpc) is 2.60. The van der Waals surface area contributed by atoms with Gasteiger partial charge in [0.25, 0.3) is 5.88 Å². The third-order valence-electron chi connectivity index (χ3n) is 2.79. The summed E-state index contributed by atoms with van der Waals surface area (Å²) < 4.78 is 14.2.